The number of benzene rings is 6. The Balaban J connectivity index is 1.23. The molecule has 0 atom stereocenters. The summed E-state index contributed by atoms with van der Waals surface area (Å²) in [5.74, 6) is -0.404. The van der Waals surface area contributed by atoms with E-state index in [9.17, 15) is 57.8 Å². The number of rotatable bonds is 10. The Morgan fingerprint density at radius 2 is 0.804 bits per heavy atom. The lowest BCUT2D eigenvalue weighted by Crippen LogP contribution is -2.42. The third-order valence-corrected chi connectivity index (χ3v) is 12.9. The predicted octanol–water partition coefficient (Wildman–Crippen LogP) is 5.38. The number of carbonyl (C=O) groups excluding carboxylic acids is 1. The van der Waals surface area contributed by atoms with Crippen LogP contribution in [0.25, 0.3) is 21.5 Å². The lowest BCUT2D eigenvalue weighted by atomic mass is 10.1. The van der Waals surface area contributed by atoms with Crippen LogP contribution >= 0.6 is 0 Å². The molecule has 2 amide bonds. The van der Waals surface area contributed by atoms with Crippen LogP contribution in [0.2, 0.25) is 0 Å². The van der Waals surface area contributed by atoms with Crippen molar-refractivity contribution in [1.82, 2.24) is 9.44 Å². The van der Waals surface area contributed by atoms with Crippen LogP contribution in [0.5, 0.6) is 11.5 Å². The average molecular weight is 843 g/mol. The third-order valence-electron chi connectivity index (χ3n) is 8.56. The topological polar surface area (TPSA) is 283 Å². The number of aryl methyl sites for hydroxylation is 2. The molecule has 0 radical (unpaired) electrons. The monoisotopic (exact) mass is 842 g/mol. The van der Waals surface area contributed by atoms with E-state index in [0.717, 1.165) is 48.5 Å². The molecule has 0 unspecified atom stereocenters. The normalized spacial score (nSPS) is 12.4. The fourth-order valence-electron chi connectivity index (χ4n) is 5.64. The van der Waals surface area contributed by atoms with Gasteiger partial charge in [0.05, 0.1) is 19.6 Å². The Bertz CT molecular complexity index is 2880. The van der Waals surface area contributed by atoms with Crippen LogP contribution in [0.4, 0.5) is 27.5 Å². The molecule has 0 aromatic heterocycles. The highest BCUT2D eigenvalue weighted by Gasteiger charge is 2.25. The van der Waals surface area contributed by atoms with Crippen molar-refractivity contribution < 1.29 is 57.8 Å². The van der Waals surface area contributed by atoms with E-state index in [1.165, 1.54) is 48.5 Å². The van der Waals surface area contributed by atoms with E-state index in [1.807, 2.05) is 0 Å². The lowest BCUT2D eigenvalue weighted by molar-refractivity contribution is 0.250. The number of sulfonamides is 2. The second kappa shape index (κ2) is 14.3. The van der Waals surface area contributed by atoms with Gasteiger partial charge in [0.1, 0.15) is 11.5 Å². The van der Waals surface area contributed by atoms with Gasteiger partial charge < -0.3 is 20.8 Å². The van der Waals surface area contributed by atoms with Gasteiger partial charge in [0.25, 0.3) is 40.3 Å². The minimum Gasteiger partial charge on any atom is -0.507 e. The van der Waals surface area contributed by atoms with E-state index in [0.29, 0.717) is 11.1 Å². The Morgan fingerprint density at radius 1 is 0.446 bits per heavy atom. The summed E-state index contributed by atoms with van der Waals surface area (Å²) in [7, 11) is -18.7. The van der Waals surface area contributed by atoms with Crippen molar-refractivity contribution in [3.8, 4) is 11.5 Å². The summed E-state index contributed by atoms with van der Waals surface area (Å²) in [5, 5.41) is 27.3. The first-order valence-corrected chi connectivity index (χ1v) is 21.7. The second-order valence-corrected chi connectivity index (χ2v) is 18.6. The highest BCUT2D eigenvalue weighted by Crippen LogP contribution is 2.37. The fourth-order valence-corrected chi connectivity index (χ4v) is 8.58. The number of carbonyl (C=O) groups is 1. The van der Waals surface area contributed by atoms with Crippen LogP contribution < -0.4 is 20.1 Å². The van der Waals surface area contributed by atoms with Gasteiger partial charge in [-0.1, -0.05) is 12.1 Å². The van der Waals surface area contributed by atoms with Crippen LogP contribution in [-0.2, 0) is 40.3 Å². The van der Waals surface area contributed by atoms with Gasteiger partial charge in [-0.25, -0.2) is 31.1 Å². The zero-order valence-electron chi connectivity index (χ0n) is 28.8. The van der Waals surface area contributed by atoms with Crippen LogP contribution in [-0.4, -0.2) is 59.0 Å². The van der Waals surface area contributed by atoms with Crippen molar-refractivity contribution in [2.75, 3.05) is 10.6 Å². The van der Waals surface area contributed by atoms with E-state index in [2.05, 4.69) is 10.6 Å². The van der Waals surface area contributed by atoms with E-state index < -0.39 is 65.9 Å². The van der Waals surface area contributed by atoms with Crippen molar-refractivity contribution in [3.05, 3.63) is 108 Å². The number of nitrogens with one attached hydrogen (secondary N) is 4. The summed E-state index contributed by atoms with van der Waals surface area (Å²) >= 11 is 0. The molecule has 292 valence electrons. The van der Waals surface area contributed by atoms with Gasteiger partial charge >= 0.3 is 6.03 Å². The van der Waals surface area contributed by atoms with E-state index in [1.54, 1.807) is 23.3 Å². The van der Waals surface area contributed by atoms with Crippen molar-refractivity contribution in [2.45, 2.75) is 33.4 Å². The Hall–Kier alpha value is -5.97. The molecule has 0 aliphatic heterocycles. The molecule has 6 rings (SSSR count). The number of anilines is 4. The van der Waals surface area contributed by atoms with E-state index in [4.69, 9.17) is 0 Å². The zero-order chi connectivity index (χ0) is 41.0. The number of urea groups is 1. The van der Waals surface area contributed by atoms with Gasteiger partial charge in [0, 0.05) is 44.3 Å². The molecule has 0 fully saturated rings. The summed E-state index contributed by atoms with van der Waals surface area (Å²) in [6.07, 6.45) is 0. The number of hydrogen-bond donors (Lipinski definition) is 8. The van der Waals surface area contributed by atoms with Crippen LogP contribution in [0.1, 0.15) is 11.1 Å². The molecular weight excluding hydrogens is 813 g/mol. The molecule has 21 heteroatoms. The molecule has 0 aliphatic carbocycles. The lowest BCUT2D eigenvalue weighted by Gasteiger charge is -2.16. The smallest absolute Gasteiger partial charge is 0.342 e. The summed E-state index contributed by atoms with van der Waals surface area (Å²) in [4.78, 5) is 11.0. The summed E-state index contributed by atoms with van der Waals surface area (Å²) < 4.78 is 123. The highest BCUT2D eigenvalue weighted by molar-refractivity contribution is 7.91. The first-order valence-electron chi connectivity index (χ1n) is 15.8. The molecule has 0 aliphatic rings. The Labute approximate surface area is 320 Å². The SMILES string of the molecule is Cc1ccc(S(=O)(=O)NC(=O)NS(=O)(=O)c2ccc(C)c(Nc3ccc(O)c4ccc(S(=O)(=O)O)cc34)c2)cc1Nc1ccc(O)c2ccc(S(=O)(=O)O)cc12. The van der Waals surface area contributed by atoms with Crippen LogP contribution in [0.15, 0.2) is 117 Å². The number of fused-ring (bicyclic) bond motifs is 2. The minimum atomic E-state index is -4.73. The molecule has 0 spiro atoms. The quantitative estimate of drug-likeness (QED) is 0.0635. The first kappa shape index (κ1) is 39.7. The Kier molecular flexibility index (Phi) is 10.1. The maximum atomic E-state index is 13.3. The molecule has 6 aromatic carbocycles. The number of aromatic hydroxyl groups is 2. The number of amides is 2. The number of hydrogen-bond acceptors (Lipinski definition) is 13. The van der Waals surface area contributed by atoms with Crippen molar-refractivity contribution >= 4 is 90.6 Å². The molecule has 0 saturated heterocycles. The molecule has 0 heterocycles. The predicted molar refractivity (Wildman–Crippen MR) is 206 cm³/mol. The third kappa shape index (κ3) is 8.17. The molecule has 0 bridgehead atoms. The van der Waals surface area contributed by atoms with Crippen molar-refractivity contribution in [2.24, 2.45) is 0 Å². The standard InChI is InChI=1S/C35H30N4O13S4/c1-19-3-5-21(17-31(19)36-29-11-13-33(40)25-9-7-23(15-27(25)29)55(47,48)49)53(43,44)38-35(42)39-54(45,46)22-6-4-20(2)32(18-22)37-30-12-14-34(41)26-10-8-24(16-28(26)30)56(50,51)52/h3-18,36-37,40-41H,1-2H3,(H2,38,39,42)(H,47,48,49)(H,50,51,52). The largest absolute Gasteiger partial charge is 0.507 e. The van der Waals surface area contributed by atoms with Gasteiger partial charge in [-0.05, 0) is 110 Å². The molecular formula is C35H30N4O13S4. The number of phenolic OH excluding ortho intramolecular Hbond substituents is 2. The molecule has 6 aromatic rings. The van der Waals surface area contributed by atoms with Crippen molar-refractivity contribution in [1.29, 1.82) is 0 Å². The first-order chi connectivity index (χ1) is 26.0. The zero-order valence-corrected chi connectivity index (χ0v) is 32.1. The molecule has 8 N–H and O–H groups in total. The maximum absolute atomic E-state index is 13.3. The van der Waals surface area contributed by atoms with Crippen molar-refractivity contribution in [3.63, 3.8) is 0 Å². The van der Waals surface area contributed by atoms with Gasteiger partial charge in [-0.3, -0.25) is 9.11 Å². The fraction of sp³-hybridized carbons (Fsp3) is 0.0571. The van der Waals surface area contributed by atoms with Gasteiger partial charge in [0.2, 0.25) is 0 Å². The van der Waals surface area contributed by atoms with Gasteiger partial charge in [0.15, 0.2) is 0 Å². The van der Waals surface area contributed by atoms with Crippen LogP contribution in [0.3, 0.4) is 0 Å². The summed E-state index contributed by atoms with van der Waals surface area (Å²) in [5.41, 5.74) is 1.75. The molecule has 0 saturated carbocycles. The summed E-state index contributed by atoms with van der Waals surface area (Å²) in [6, 6.07) is 18.1. The number of phenols is 2. The maximum Gasteiger partial charge on any atom is 0.342 e. The second-order valence-electron chi connectivity index (χ2n) is 12.4. The van der Waals surface area contributed by atoms with E-state index >= 15 is 0 Å². The minimum absolute atomic E-state index is 0.160. The van der Waals surface area contributed by atoms with Gasteiger partial charge in [-0.15, -0.1) is 0 Å². The molecule has 17 nitrogen and oxygen atoms in total. The average Bonchev–Trinajstić information content (AvgIpc) is 3.10. The van der Waals surface area contributed by atoms with Gasteiger partial charge in [-0.2, -0.15) is 16.8 Å². The Morgan fingerprint density at radius 3 is 1.16 bits per heavy atom. The highest BCUT2D eigenvalue weighted by atomic mass is 32.2. The molecule has 56 heavy (non-hydrogen) atoms. The summed E-state index contributed by atoms with van der Waals surface area (Å²) in [6.45, 7) is 3.23. The van der Waals surface area contributed by atoms with Crippen LogP contribution in [0, 0.1) is 13.8 Å². The van der Waals surface area contributed by atoms with E-state index in [-0.39, 0.29) is 55.8 Å².